The van der Waals surface area contributed by atoms with Gasteiger partial charge in [-0.05, 0) is 64.9 Å². The van der Waals surface area contributed by atoms with Crippen LogP contribution in [0.1, 0.15) is 38.7 Å². The Kier molecular flexibility index (Phi) is 8.58. The van der Waals surface area contributed by atoms with Crippen molar-refractivity contribution < 1.29 is 9.53 Å². The number of nitrogens with zero attached hydrogens (tertiary/aromatic N) is 3. The third-order valence-corrected chi connectivity index (χ3v) is 5.52. The van der Waals surface area contributed by atoms with E-state index in [0.717, 1.165) is 51.2 Å². The molecule has 1 aromatic carbocycles. The molecule has 1 aliphatic rings. The molecule has 0 radical (unpaired) electrons. The van der Waals surface area contributed by atoms with E-state index >= 15 is 0 Å². The van der Waals surface area contributed by atoms with Gasteiger partial charge in [0.1, 0.15) is 5.75 Å². The lowest BCUT2D eigenvalue weighted by molar-refractivity contribution is -0.135. The molecule has 0 aromatic heterocycles. The second-order valence-corrected chi connectivity index (χ2v) is 8.09. The minimum atomic E-state index is 0.315. The van der Waals surface area contributed by atoms with E-state index < -0.39 is 0 Å². The Balaban J connectivity index is 1.71. The van der Waals surface area contributed by atoms with Crippen LogP contribution in [0.4, 0.5) is 0 Å². The second-order valence-electron chi connectivity index (χ2n) is 8.09. The number of rotatable bonds is 9. The third-order valence-electron chi connectivity index (χ3n) is 5.52. The fourth-order valence-corrected chi connectivity index (χ4v) is 3.87. The Bertz CT molecular complexity index is 561. The van der Waals surface area contributed by atoms with Crippen molar-refractivity contribution >= 4 is 5.91 Å². The molecule has 5 nitrogen and oxygen atoms in total. The first-order valence-electron chi connectivity index (χ1n) is 10.2. The molecule has 0 spiro atoms. The van der Waals surface area contributed by atoms with Gasteiger partial charge in [-0.3, -0.25) is 9.69 Å². The molecule has 1 heterocycles. The van der Waals surface area contributed by atoms with Gasteiger partial charge in [0.05, 0.1) is 7.11 Å². The molecule has 1 aliphatic heterocycles. The minimum absolute atomic E-state index is 0.315. The van der Waals surface area contributed by atoms with Crippen LogP contribution >= 0.6 is 0 Å². The fraction of sp³-hybridized carbons (Fsp3) is 0.682. The highest BCUT2D eigenvalue weighted by atomic mass is 16.5. The lowest BCUT2D eigenvalue weighted by Gasteiger charge is -2.45. The van der Waals surface area contributed by atoms with Crippen molar-refractivity contribution in [1.82, 2.24) is 14.7 Å². The van der Waals surface area contributed by atoms with Gasteiger partial charge in [-0.2, -0.15) is 0 Å². The Morgan fingerprint density at radius 1 is 1.11 bits per heavy atom. The summed E-state index contributed by atoms with van der Waals surface area (Å²) in [5, 5.41) is 0. The van der Waals surface area contributed by atoms with Crippen molar-refractivity contribution in [2.75, 3.05) is 47.4 Å². The first kappa shape index (κ1) is 21.7. The number of hydrogen-bond donors (Lipinski definition) is 0. The lowest BCUT2D eigenvalue weighted by Crippen LogP contribution is -2.59. The van der Waals surface area contributed by atoms with Crippen LogP contribution < -0.4 is 4.74 Å². The van der Waals surface area contributed by atoms with Crippen LogP contribution in [-0.4, -0.2) is 80.1 Å². The van der Waals surface area contributed by atoms with Gasteiger partial charge in [0.2, 0.25) is 5.91 Å². The van der Waals surface area contributed by atoms with E-state index in [2.05, 4.69) is 54.8 Å². The largest absolute Gasteiger partial charge is 0.497 e. The summed E-state index contributed by atoms with van der Waals surface area (Å²) in [6.07, 6.45) is 3.68. The van der Waals surface area contributed by atoms with Crippen LogP contribution in [0.3, 0.4) is 0 Å². The monoisotopic (exact) mass is 375 g/mol. The van der Waals surface area contributed by atoms with E-state index in [1.165, 1.54) is 5.56 Å². The number of aryl methyl sites for hydroxylation is 1. The maximum atomic E-state index is 12.6. The van der Waals surface area contributed by atoms with Gasteiger partial charge < -0.3 is 14.5 Å². The van der Waals surface area contributed by atoms with E-state index in [4.69, 9.17) is 4.74 Å². The first-order valence-corrected chi connectivity index (χ1v) is 10.2. The SMILES string of the molecule is COc1ccc(CCCCC(=O)N2CC(C)N(CCN(C)C)C(C)C2)cc1. The molecular weight excluding hydrogens is 338 g/mol. The second kappa shape index (κ2) is 10.7. The number of likely N-dealkylation sites (N-methyl/N-ethyl adjacent to an activating group) is 1. The van der Waals surface area contributed by atoms with Gasteiger partial charge in [-0.1, -0.05) is 12.1 Å². The summed E-state index contributed by atoms with van der Waals surface area (Å²) in [4.78, 5) is 19.5. The molecule has 1 amide bonds. The number of carbonyl (C=O) groups is 1. The number of hydrogen-bond acceptors (Lipinski definition) is 4. The van der Waals surface area contributed by atoms with Gasteiger partial charge >= 0.3 is 0 Å². The smallest absolute Gasteiger partial charge is 0.222 e. The molecule has 1 aromatic rings. The summed E-state index contributed by atoms with van der Waals surface area (Å²) >= 11 is 0. The van der Waals surface area contributed by atoms with Crippen molar-refractivity contribution in [3.05, 3.63) is 29.8 Å². The van der Waals surface area contributed by atoms with Crippen molar-refractivity contribution in [3.8, 4) is 5.75 Å². The molecule has 1 fully saturated rings. The van der Waals surface area contributed by atoms with Gasteiger partial charge in [-0.15, -0.1) is 0 Å². The molecule has 0 saturated carbocycles. The molecule has 2 rings (SSSR count). The Hall–Kier alpha value is -1.59. The van der Waals surface area contributed by atoms with Crippen LogP contribution in [-0.2, 0) is 11.2 Å². The standard InChI is InChI=1S/C22H37N3O2/c1-18-16-24(17-19(2)25(18)15-14-23(3)4)22(26)9-7-6-8-20-10-12-21(27-5)13-11-20/h10-13,18-19H,6-9,14-17H2,1-5H3. The normalized spacial score (nSPS) is 20.9. The minimum Gasteiger partial charge on any atom is -0.497 e. The number of methoxy groups -OCH3 is 1. The summed E-state index contributed by atoms with van der Waals surface area (Å²) in [6.45, 7) is 8.34. The maximum absolute atomic E-state index is 12.6. The van der Waals surface area contributed by atoms with E-state index in [1.54, 1.807) is 7.11 Å². The molecule has 0 N–H and O–H groups in total. The average molecular weight is 376 g/mol. The summed E-state index contributed by atoms with van der Waals surface area (Å²) < 4.78 is 5.19. The molecule has 5 heteroatoms. The summed E-state index contributed by atoms with van der Waals surface area (Å²) in [5.41, 5.74) is 1.31. The van der Waals surface area contributed by atoms with E-state index in [9.17, 15) is 4.79 Å². The number of amides is 1. The van der Waals surface area contributed by atoms with Gasteiger partial charge in [-0.25, -0.2) is 0 Å². The fourth-order valence-electron chi connectivity index (χ4n) is 3.87. The zero-order valence-electron chi connectivity index (χ0n) is 17.8. The van der Waals surface area contributed by atoms with E-state index in [-0.39, 0.29) is 0 Å². The molecular formula is C22H37N3O2. The van der Waals surface area contributed by atoms with Crippen LogP contribution in [0.2, 0.25) is 0 Å². The Morgan fingerprint density at radius 3 is 2.30 bits per heavy atom. The molecule has 2 atom stereocenters. The van der Waals surface area contributed by atoms with Gasteiger partial charge in [0.25, 0.3) is 0 Å². The van der Waals surface area contributed by atoms with Gasteiger partial charge in [0, 0.05) is 44.7 Å². The average Bonchev–Trinajstić information content (AvgIpc) is 2.64. The summed E-state index contributed by atoms with van der Waals surface area (Å²) in [5.74, 6) is 1.21. The highest BCUT2D eigenvalue weighted by molar-refractivity contribution is 5.76. The maximum Gasteiger partial charge on any atom is 0.222 e. The Morgan fingerprint density at radius 2 is 1.74 bits per heavy atom. The molecule has 0 aliphatic carbocycles. The summed E-state index contributed by atoms with van der Waals surface area (Å²) in [7, 11) is 5.91. The molecule has 2 unspecified atom stereocenters. The van der Waals surface area contributed by atoms with Crippen LogP contribution in [0.5, 0.6) is 5.75 Å². The number of carbonyl (C=O) groups excluding carboxylic acids is 1. The molecule has 152 valence electrons. The predicted molar refractivity (Wildman–Crippen MR) is 111 cm³/mol. The summed E-state index contributed by atoms with van der Waals surface area (Å²) in [6, 6.07) is 9.07. The van der Waals surface area contributed by atoms with E-state index in [0.29, 0.717) is 24.4 Å². The van der Waals surface area contributed by atoms with Crippen molar-refractivity contribution in [2.45, 2.75) is 51.6 Å². The zero-order chi connectivity index (χ0) is 19.8. The van der Waals surface area contributed by atoms with Crippen LogP contribution in [0.15, 0.2) is 24.3 Å². The van der Waals surface area contributed by atoms with Crippen molar-refractivity contribution in [1.29, 1.82) is 0 Å². The number of benzene rings is 1. The van der Waals surface area contributed by atoms with Gasteiger partial charge in [0.15, 0.2) is 0 Å². The quantitative estimate of drug-likeness (QED) is 0.622. The first-order chi connectivity index (χ1) is 12.9. The highest BCUT2D eigenvalue weighted by Crippen LogP contribution is 2.18. The third kappa shape index (κ3) is 6.82. The number of unbranched alkanes of at least 4 members (excludes halogenated alkanes) is 1. The zero-order valence-corrected chi connectivity index (χ0v) is 17.8. The molecule has 1 saturated heterocycles. The van der Waals surface area contributed by atoms with Crippen molar-refractivity contribution in [2.24, 2.45) is 0 Å². The number of piperazine rings is 1. The molecule has 0 bridgehead atoms. The van der Waals surface area contributed by atoms with Crippen molar-refractivity contribution in [3.63, 3.8) is 0 Å². The lowest BCUT2D eigenvalue weighted by atomic mass is 10.0. The van der Waals surface area contributed by atoms with Crippen LogP contribution in [0.25, 0.3) is 0 Å². The predicted octanol–water partition coefficient (Wildman–Crippen LogP) is 2.89. The Labute approximate surface area is 165 Å². The van der Waals surface area contributed by atoms with Crippen LogP contribution in [0, 0.1) is 0 Å². The molecule has 27 heavy (non-hydrogen) atoms. The topological polar surface area (TPSA) is 36.0 Å². The highest BCUT2D eigenvalue weighted by Gasteiger charge is 2.31. The van der Waals surface area contributed by atoms with E-state index in [1.807, 2.05) is 12.1 Å². The number of ether oxygens (including phenoxy) is 1.